The average molecular weight is 164 g/mol. The average Bonchev–Trinajstić information content (AvgIpc) is 2.14. The molecule has 1 heterocycles. The molecule has 9 heavy (non-hydrogen) atoms. The van der Waals surface area contributed by atoms with Crippen molar-refractivity contribution in [2.24, 2.45) is 0 Å². The van der Waals surface area contributed by atoms with Gasteiger partial charge < -0.3 is 5.11 Å². The first-order valence-electron chi connectivity index (χ1n) is 2.70. The van der Waals surface area contributed by atoms with Crippen molar-refractivity contribution in [2.75, 3.05) is 5.75 Å². The zero-order valence-electron chi connectivity index (χ0n) is 5.03. The Labute approximate surface area is 62.4 Å². The molecule has 1 rings (SSSR count). The summed E-state index contributed by atoms with van der Waals surface area (Å²) in [6.45, 7) is 2.06. The zero-order valence-corrected chi connectivity index (χ0v) is 6.67. The first-order chi connectivity index (χ1) is 4.20. The van der Waals surface area contributed by atoms with Crippen LogP contribution in [-0.2, 0) is 4.79 Å². The zero-order chi connectivity index (χ0) is 6.85. The van der Waals surface area contributed by atoms with Gasteiger partial charge in [-0.3, -0.25) is 4.79 Å². The summed E-state index contributed by atoms with van der Waals surface area (Å²) in [5.41, 5.74) is 0. The highest BCUT2D eigenvalue weighted by Crippen LogP contribution is 2.37. The SMILES string of the molecule is CC1CSC(C(=O)O)S1. The molecule has 1 aliphatic heterocycles. The second-order valence-corrected chi connectivity index (χ2v) is 4.93. The number of carboxylic acids is 1. The van der Waals surface area contributed by atoms with E-state index in [1.165, 1.54) is 23.5 Å². The minimum absolute atomic E-state index is 0.208. The molecule has 2 atom stereocenters. The predicted octanol–water partition coefficient (Wildman–Crippen LogP) is 1.27. The first kappa shape index (κ1) is 7.28. The van der Waals surface area contributed by atoms with Crippen molar-refractivity contribution < 1.29 is 9.90 Å². The van der Waals surface area contributed by atoms with Crippen LogP contribution in [0.15, 0.2) is 0 Å². The Bertz CT molecular complexity index is 126. The molecular formula is C5H8O2S2. The molecule has 0 aliphatic carbocycles. The summed E-state index contributed by atoms with van der Waals surface area (Å²) in [5, 5.41) is 9.00. The van der Waals surface area contributed by atoms with Crippen LogP contribution in [0.5, 0.6) is 0 Å². The molecule has 1 aliphatic rings. The molecule has 1 saturated heterocycles. The van der Waals surface area contributed by atoms with Gasteiger partial charge in [-0.2, -0.15) is 0 Å². The normalized spacial score (nSPS) is 34.8. The van der Waals surface area contributed by atoms with E-state index in [-0.39, 0.29) is 4.58 Å². The Kier molecular flexibility index (Phi) is 2.29. The third-order valence-corrected chi connectivity index (χ3v) is 4.27. The number of hydrogen-bond donors (Lipinski definition) is 1. The van der Waals surface area contributed by atoms with E-state index in [1.807, 2.05) is 0 Å². The van der Waals surface area contributed by atoms with Crippen LogP contribution < -0.4 is 0 Å². The lowest BCUT2D eigenvalue weighted by atomic mass is 10.6. The number of aliphatic carboxylic acids is 1. The Balaban J connectivity index is 2.39. The van der Waals surface area contributed by atoms with E-state index < -0.39 is 5.97 Å². The Morgan fingerprint density at radius 2 is 2.44 bits per heavy atom. The minimum atomic E-state index is -0.686. The smallest absolute Gasteiger partial charge is 0.326 e. The number of rotatable bonds is 1. The van der Waals surface area contributed by atoms with Crippen LogP contribution >= 0.6 is 23.5 Å². The van der Waals surface area contributed by atoms with Gasteiger partial charge >= 0.3 is 5.97 Å². The highest BCUT2D eigenvalue weighted by molar-refractivity contribution is 8.21. The van der Waals surface area contributed by atoms with Crippen molar-refractivity contribution in [2.45, 2.75) is 16.8 Å². The molecule has 0 radical (unpaired) electrons. The van der Waals surface area contributed by atoms with Crippen LogP contribution in [0.25, 0.3) is 0 Å². The number of thioether (sulfide) groups is 2. The summed E-state index contributed by atoms with van der Waals surface area (Å²) in [6, 6.07) is 0. The fraction of sp³-hybridized carbons (Fsp3) is 0.800. The number of hydrogen-bond acceptors (Lipinski definition) is 3. The molecule has 0 amide bonds. The van der Waals surface area contributed by atoms with Gasteiger partial charge in [0.2, 0.25) is 0 Å². The molecular weight excluding hydrogens is 156 g/mol. The van der Waals surface area contributed by atoms with Crippen molar-refractivity contribution in [3.63, 3.8) is 0 Å². The summed E-state index contributed by atoms with van der Waals surface area (Å²) in [4.78, 5) is 10.3. The van der Waals surface area contributed by atoms with Gasteiger partial charge in [-0.25, -0.2) is 0 Å². The van der Waals surface area contributed by atoms with Gasteiger partial charge in [-0.1, -0.05) is 6.92 Å². The molecule has 1 fully saturated rings. The quantitative estimate of drug-likeness (QED) is 0.633. The molecule has 52 valence electrons. The van der Waals surface area contributed by atoms with Crippen molar-refractivity contribution in [3.8, 4) is 0 Å². The van der Waals surface area contributed by atoms with E-state index in [0.29, 0.717) is 5.25 Å². The van der Waals surface area contributed by atoms with Crippen molar-refractivity contribution in [3.05, 3.63) is 0 Å². The molecule has 2 nitrogen and oxygen atoms in total. The lowest BCUT2D eigenvalue weighted by Gasteiger charge is -1.98. The predicted molar refractivity (Wildman–Crippen MR) is 40.9 cm³/mol. The van der Waals surface area contributed by atoms with Crippen LogP contribution in [0.4, 0.5) is 0 Å². The summed E-state index contributed by atoms with van der Waals surface area (Å²) in [5.74, 6) is 0.288. The fourth-order valence-electron chi connectivity index (χ4n) is 0.642. The summed E-state index contributed by atoms with van der Waals surface area (Å²) < 4.78 is -0.208. The maximum absolute atomic E-state index is 10.3. The van der Waals surface area contributed by atoms with Gasteiger partial charge in [-0.15, -0.1) is 23.5 Å². The summed E-state index contributed by atoms with van der Waals surface area (Å²) in [6.07, 6.45) is 0. The maximum Gasteiger partial charge on any atom is 0.326 e. The highest BCUT2D eigenvalue weighted by atomic mass is 32.2. The molecule has 0 bridgehead atoms. The van der Waals surface area contributed by atoms with Crippen LogP contribution in [0.1, 0.15) is 6.92 Å². The third kappa shape index (κ3) is 1.79. The van der Waals surface area contributed by atoms with Crippen LogP contribution in [-0.4, -0.2) is 26.7 Å². The van der Waals surface area contributed by atoms with Gasteiger partial charge in [0, 0.05) is 11.0 Å². The lowest BCUT2D eigenvalue weighted by molar-refractivity contribution is -0.134. The van der Waals surface area contributed by atoms with E-state index in [2.05, 4.69) is 6.92 Å². The van der Waals surface area contributed by atoms with Crippen molar-refractivity contribution in [1.82, 2.24) is 0 Å². The highest BCUT2D eigenvalue weighted by Gasteiger charge is 2.27. The van der Waals surface area contributed by atoms with E-state index in [4.69, 9.17) is 5.11 Å². The Morgan fingerprint density at radius 3 is 2.67 bits per heavy atom. The van der Waals surface area contributed by atoms with Gasteiger partial charge in [0.1, 0.15) is 4.58 Å². The lowest BCUT2D eigenvalue weighted by Crippen LogP contribution is -2.08. The molecule has 0 aromatic rings. The van der Waals surface area contributed by atoms with Crippen molar-refractivity contribution >= 4 is 29.5 Å². The molecule has 1 N–H and O–H groups in total. The van der Waals surface area contributed by atoms with E-state index in [0.717, 1.165) is 5.75 Å². The molecule has 2 unspecified atom stereocenters. The molecule has 0 spiro atoms. The molecule has 0 saturated carbocycles. The Hall–Kier alpha value is 0.170. The van der Waals surface area contributed by atoms with Crippen LogP contribution in [0, 0.1) is 0 Å². The van der Waals surface area contributed by atoms with E-state index >= 15 is 0 Å². The molecule has 0 aromatic heterocycles. The van der Waals surface area contributed by atoms with Crippen molar-refractivity contribution in [1.29, 1.82) is 0 Å². The van der Waals surface area contributed by atoms with E-state index in [1.54, 1.807) is 0 Å². The number of carbonyl (C=O) groups is 1. The summed E-state index contributed by atoms with van der Waals surface area (Å²) in [7, 11) is 0. The topological polar surface area (TPSA) is 37.3 Å². The monoisotopic (exact) mass is 164 g/mol. The van der Waals surface area contributed by atoms with Gasteiger partial charge in [0.05, 0.1) is 0 Å². The van der Waals surface area contributed by atoms with E-state index in [9.17, 15) is 4.79 Å². The third-order valence-electron chi connectivity index (χ3n) is 1.04. The fourth-order valence-corrected chi connectivity index (χ4v) is 3.44. The first-order valence-corrected chi connectivity index (χ1v) is 4.69. The van der Waals surface area contributed by atoms with Crippen LogP contribution in [0.3, 0.4) is 0 Å². The number of carboxylic acid groups (broad SMARTS) is 1. The molecule has 4 heteroatoms. The standard InChI is InChI=1S/C5H8O2S2/c1-3-2-8-5(9-3)4(6)7/h3,5H,2H2,1H3,(H,6,7). The van der Waals surface area contributed by atoms with Crippen LogP contribution in [0.2, 0.25) is 0 Å². The second kappa shape index (κ2) is 2.84. The summed E-state index contributed by atoms with van der Waals surface area (Å²) >= 11 is 3.06. The molecule has 0 aromatic carbocycles. The second-order valence-electron chi connectivity index (χ2n) is 1.95. The van der Waals surface area contributed by atoms with Gasteiger partial charge in [0.25, 0.3) is 0 Å². The minimum Gasteiger partial charge on any atom is -0.480 e. The van der Waals surface area contributed by atoms with Gasteiger partial charge in [0.15, 0.2) is 0 Å². The van der Waals surface area contributed by atoms with Gasteiger partial charge in [-0.05, 0) is 0 Å². The maximum atomic E-state index is 10.3. The largest absolute Gasteiger partial charge is 0.480 e. The Morgan fingerprint density at radius 1 is 1.78 bits per heavy atom.